The smallest absolute Gasteiger partial charge is 0.263 e. The summed E-state index contributed by atoms with van der Waals surface area (Å²) in [5.74, 6) is 2.72. The number of benzene rings is 1. The minimum Gasteiger partial charge on any atom is -0.481 e. The number of aryl methyl sites for hydroxylation is 1. The molecule has 0 bridgehead atoms. The van der Waals surface area contributed by atoms with Gasteiger partial charge in [0.2, 0.25) is 0 Å². The molecule has 1 saturated heterocycles. The van der Waals surface area contributed by atoms with E-state index in [0.717, 1.165) is 30.4 Å². The summed E-state index contributed by atoms with van der Waals surface area (Å²) in [7, 11) is 0. The quantitative estimate of drug-likeness (QED) is 0.763. The van der Waals surface area contributed by atoms with Gasteiger partial charge in [0.25, 0.3) is 5.91 Å². The van der Waals surface area contributed by atoms with Gasteiger partial charge in [-0.25, -0.2) is 9.97 Å². The molecule has 1 fully saturated rings. The molecule has 6 nitrogen and oxygen atoms in total. The van der Waals surface area contributed by atoms with Crippen LogP contribution in [0.1, 0.15) is 38.2 Å². The molecule has 1 aliphatic rings. The maximum absolute atomic E-state index is 12.7. The van der Waals surface area contributed by atoms with Crippen molar-refractivity contribution in [3.05, 3.63) is 46.9 Å². The Balaban J connectivity index is 1.58. The highest BCUT2D eigenvalue weighted by atomic mass is 35.5. The Kier molecular flexibility index (Phi) is 6.39. The van der Waals surface area contributed by atoms with Crippen molar-refractivity contribution in [3.63, 3.8) is 0 Å². The van der Waals surface area contributed by atoms with Gasteiger partial charge in [-0.1, -0.05) is 25.4 Å². The molecule has 1 aliphatic heterocycles. The number of piperazine rings is 1. The lowest BCUT2D eigenvalue weighted by atomic mass is 10.2. The number of rotatable bonds is 5. The fourth-order valence-electron chi connectivity index (χ4n) is 3.18. The molecule has 0 radical (unpaired) electrons. The van der Waals surface area contributed by atoms with Crippen molar-refractivity contribution in [1.29, 1.82) is 0 Å². The molecule has 1 aromatic heterocycles. The summed E-state index contributed by atoms with van der Waals surface area (Å²) in [6, 6.07) is 9.06. The van der Waals surface area contributed by atoms with E-state index in [1.165, 1.54) is 0 Å². The summed E-state index contributed by atoms with van der Waals surface area (Å²) in [6.45, 7) is 10.7. The van der Waals surface area contributed by atoms with Crippen LogP contribution in [-0.2, 0) is 4.79 Å². The zero-order valence-electron chi connectivity index (χ0n) is 16.9. The summed E-state index contributed by atoms with van der Waals surface area (Å²) in [5.41, 5.74) is 0.970. The molecule has 0 unspecified atom stereocenters. The van der Waals surface area contributed by atoms with Crippen LogP contribution in [0.15, 0.2) is 30.3 Å². The zero-order chi connectivity index (χ0) is 20.3. The number of nitrogens with zero attached hydrogens (tertiary/aromatic N) is 4. The molecule has 2 heterocycles. The van der Waals surface area contributed by atoms with Gasteiger partial charge in [0.15, 0.2) is 6.10 Å². The van der Waals surface area contributed by atoms with E-state index in [4.69, 9.17) is 21.3 Å². The summed E-state index contributed by atoms with van der Waals surface area (Å²) in [4.78, 5) is 26.0. The molecule has 2 aromatic rings. The van der Waals surface area contributed by atoms with Crippen molar-refractivity contribution in [1.82, 2.24) is 14.9 Å². The van der Waals surface area contributed by atoms with Gasteiger partial charge < -0.3 is 14.5 Å². The third kappa shape index (κ3) is 4.93. The second-order valence-electron chi connectivity index (χ2n) is 7.41. The topological polar surface area (TPSA) is 58.6 Å². The van der Waals surface area contributed by atoms with E-state index in [-0.39, 0.29) is 11.8 Å². The molecule has 1 aromatic carbocycles. The molecular formula is C21H27ClN4O2. The minimum atomic E-state index is -0.540. The summed E-state index contributed by atoms with van der Waals surface area (Å²) < 4.78 is 5.77. The van der Waals surface area contributed by atoms with Gasteiger partial charge in [-0.05, 0) is 38.1 Å². The summed E-state index contributed by atoms with van der Waals surface area (Å²) in [5, 5.41) is 0.642. The standard InChI is InChI=1S/C21H27ClN4O2/c1-14(2)20-23-15(3)13-19(24-20)25-9-11-26(12-10-25)21(27)16(4)28-18-7-5-17(22)6-8-18/h5-8,13-14,16H,9-12H2,1-4H3/t16-/m0/s1. The van der Waals surface area contributed by atoms with Crippen LogP contribution < -0.4 is 9.64 Å². The number of amides is 1. The maximum atomic E-state index is 12.7. The molecule has 3 rings (SSSR count). The Hall–Kier alpha value is -2.34. The predicted molar refractivity (Wildman–Crippen MR) is 111 cm³/mol. The van der Waals surface area contributed by atoms with Gasteiger partial charge in [0.1, 0.15) is 17.4 Å². The molecule has 0 aliphatic carbocycles. The van der Waals surface area contributed by atoms with Crippen molar-refractivity contribution >= 4 is 23.3 Å². The lowest BCUT2D eigenvalue weighted by molar-refractivity contribution is -0.138. The van der Waals surface area contributed by atoms with Gasteiger partial charge in [0.05, 0.1) is 0 Å². The predicted octanol–water partition coefficient (Wildman–Crippen LogP) is 3.68. The normalized spacial score (nSPS) is 15.6. The first-order valence-corrected chi connectivity index (χ1v) is 10.0. The first kappa shape index (κ1) is 20.4. The fraction of sp³-hybridized carbons (Fsp3) is 0.476. The van der Waals surface area contributed by atoms with E-state index in [1.54, 1.807) is 31.2 Å². The van der Waals surface area contributed by atoms with Crippen molar-refractivity contribution < 1.29 is 9.53 Å². The van der Waals surface area contributed by atoms with Gasteiger partial charge in [0, 0.05) is 48.9 Å². The summed E-state index contributed by atoms with van der Waals surface area (Å²) >= 11 is 5.89. The molecule has 7 heteroatoms. The zero-order valence-corrected chi connectivity index (χ0v) is 17.6. The van der Waals surface area contributed by atoms with E-state index in [0.29, 0.717) is 23.9 Å². The highest BCUT2D eigenvalue weighted by Crippen LogP contribution is 2.20. The molecule has 0 saturated carbocycles. The van der Waals surface area contributed by atoms with Crippen LogP contribution in [0.4, 0.5) is 5.82 Å². The number of ether oxygens (including phenoxy) is 1. The number of hydrogen-bond acceptors (Lipinski definition) is 5. The molecule has 28 heavy (non-hydrogen) atoms. The Labute approximate surface area is 171 Å². The molecule has 150 valence electrons. The molecule has 0 spiro atoms. The average molecular weight is 403 g/mol. The minimum absolute atomic E-state index is 0.00339. The van der Waals surface area contributed by atoms with Gasteiger partial charge in [-0.2, -0.15) is 0 Å². The maximum Gasteiger partial charge on any atom is 0.263 e. The number of halogens is 1. The third-order valence-electron chi connectivity index (χ3n) is 4.76. The van der Waals surface area contributed by atoms with Crippen LogP contribution in [0.5, 0.6) is 5.75 Å². The molecule has 1 atom stereocenters. The van der Waals surface area contributed by atoms with Gasteiger partial charge in [-0.3, -0.25) is 4.79 Å². The second-order valence-corrected chi connectivity index (χ2v) is 7.84. The number of hydrogen-bond donors (Lipinski definition) is 0. The van der Waals surface area contributed by atoms with Crippen molar-refractivity contribution in [2.75, 3.05) is 31.1 Å². The van der Waals surface area contributed by atoms with Crippen LogP contribution in [0.3, 0.4) is 0 Å². The van der Waals surface area contributed by atoms with E-state index >= 15 is 0 Å². The number of carbonyl (C=O) groups is 1. The van der Waals surface area contributed by atoms with Gasteiger partial charge >= 0.3 is 0 Å². The van der Waals surface area contributed by atoms with Gasteiger partial charge in [-0.15, -0.1) is 0 Å². The highest BCUT2D eigenvalue weighted by molar-refractivity contribution is 6.30. The Morgan fingerprint density at radius 3 is 2.32 bits per heavy atom. The first-order chi connectivity index (χ1) is 13.3. The lowest BCUT2D eigenvalue weighted by Gasteiger charge is -2.36. The van der Waals surface area contributed by atoms with Crippen LogP contribution in [-0.4, -0.2) is 53.1 Å². The number of carbonyl (C=O) groups excluding carboxylic acids is 1. The molecular weight excluding hydrogens is 376 g/mol. The van der Waals surface area contributed by atoms with Crippen LogP contribution in [0, 0.1) is 6.92 Å². The molecule has 0 N–H and O–H groups in total. The summed E-state index contributed by atoms with van der Waals surface area (Å²) in [6.07, 6.45) is -0.540. The van der Waals surface area contributed by atoms with Crippen LogP contribution in [0.2, 0.25) is 5.02 Å². The van der Waals surface area contributed by atoms with E-state index in [1.807, 2.05) is 17.9 Å². The fourth-order valence-corrected chi connectivity index (χ4v) is 3.30. The van der Waals surface area contributed by atoms with Crippen molar-refractivity contribution in [2.45, 2.75) is 39.7 Å². The SMILES string of the molecule is Cc1cc(N2CCN(C(=O)[C@H](C)Oc3ccc(Cl)cc3)CC2)nc(C(C)C)n1. The monoisotopic (exact) mass is 402 g/mol. The van der Waals surface area contributed by atoms with E-state index in [9.17, 15) is 4.79 Å². The highest BCUT2D eigenvalue weighted by Gasteiger charge is 2.27. The Bertz CT molecular complexity index is 818. The molecule has 1 amide bonds. The lowest BCUT2D eigenvalue weighted by Crippen LogP contribution is -2.52. The number of aromatic nitrogens is 2. The Morgan fingerprint density at radius 1 is 1.07 bits per heavy atom. The van der Waals surface area contributed by atoms with Crippen molar-refractivity contribution in [2.24, 2.45) is 0 Å². The second kappa shape index (κ2) is 8.78. The van der Waals surface area contributed by atoms with Crippen molar-refractivity contribution in [3.8, 4) is 5.75 Å². The largest absolute Gasteiger partial charge is 0.481 e. The van der Waals surface area contributed by atoms with Crippen LogP contribution in [0.25, 0.3) is 0 Å². The first-order valence-electron chi connectivity index (χ1n) is 9.65. The number of anilines is 1. The third-order valence-corrected chi connectivity index (χ3v) is 5.02. The Morgan fingerprint density at radius 2 is 1.71 bits per heavy atom. The van der Waals surface area contributed by atoms with E-state index < -0.39 is 6.10 Å². The average Bonchev–Trinajstić information content (AvgIpc) is 2.68. The van der Waals surface area contributed by atoms with Crippen LogP contribution >= 0.6 is 11.6 Å². The van der Waals surface area contributed by atoms with E-state index in [2.05, 4.69) is 23.7 Å².